The van der Waals surface area contributed by atoms with E-state index in [1.807, 2.05) is 0 Å². The second-order valence-corrected chi connectivity index (χ2v) is 6.59. The zero-order valence-electron chi connectivity index (χ0n) is 11.7. The average Bonchev–Trinajstić information content (AvgIpc) is 2.75. The van der Waals surface area contributed by atoms with Crippen molar-refractivity contribution in [2.24, 2.45) is 11.7 Å². The minimum Gasteiger partial charge on any atom is -0.373 e. The van der Waals surface area contributed by atoms with Gasteiger partial charge in [0.1, 0.15) is 0 Å². The second kappa shape index (κ2) is 5.72. The summed E-state index contributed by atoms with van der Waals surface area (Å²) in [4.78, 5) is 1.30. The predicted octanol–water partition coefficient (Wildman–Crippen LogP) is 4.04. The highest BCUT2D eigenvalue weighted by molar-refractivity contribution is 7.10. The van der Waals surface area contributed by atoms with Crippen LogP contribution in [0.4, 0.5) is 0 Å². The van der Waals surface area contributed by atoms with Crippen LogP contribution in [0.25, 0.3) is 0 Å². The third-order valence-electron chi connectivity index (χ3n) is 4.17. The summed E-state index contributed by atoms with van der Waals surface area (Å²) in [6.07, 6.45) is 4.74. The van der Waals surface area contributed by atoms with Gasteiger partial charge in [-0.2, -0.15) is 0 Å². The van der Waals surface area contributed by atoms with E-state index >= 15 is 0 Å². The predicted molar refractivity (Wildman–Crippen MR) is 78.0 cm³/mol. The van der Waals surface area contributed by atoms with Crippen molar-refractivity contribution < 1.29 is 4.74 Å². The molecule has 3 atom stereocenters. The summed E-state index contributed by atoms with van der Waals surface area (Å²) >= 11 is 1.77. The van der Waals surface area contributed by atoms with Crippen LogP contribution in [0.15, 0.2) is 11.4 Å². The number of hydrogen-bond donors (Lipinski definition) is 1. The van der Waals surface area contributed by atoms with Crippen LogP contribution in [-0.2, 0) is 4.74 Å². The summed E-state index contributed by atoms with van der Waals surface area (Å²) < 4.78 is 6.16. The minimum atomic E-state index is -0.137. The molecule has 0 radical (unpaired) electrons. The van der Waals surface area contributed by atoms with Gasteiger partial charge in [0, 0.05) is 11.5 Å². The second-order valence-electron chi connectivity index (χ2n) is 5.64. The highest BCUT2D eigenvalue weighted by Crippen LogP contribution is 2.44. The maximum Gasteiger partial charge on any atom is 0.0884 e. The Morgan fingerprint density at radius 2 is 2.39 bits per heavy atom. The monoisotopic (exact) mass is 267 g/mol. The molecule has 2 nitrogen and oxygen atoms in total. The number of ether oxygens (including phenoxy) is 1. The molecule has 3 heteroatoms. The molecule has 1 aromatic rings. The number of nitrogens with two attached hydrogens (primary N) is 1. The Balaban J connectivity index is 2.26. The number of rotatable bonds is 4. The lowest BCUT2D eigenvalue weighted by Crippen LogP contribution is -2.47. The van der Waals surface area contributed by atoms with Gasteiger partial charge < -0.3 is 10.5 Å². The van der Waals surface area contributed by atoms with Crippen molar-refractivity contribution in [3.63, 3.8) is 0 Å². The zero-order valence-corrected chi connectivity index (χ0v) is 12.6. The lowest BCUT2D eigenvalue weighted by Gasteiger charge is -2.43. The van der Waals surface area contributed by atoms with Gasteiger partial charge in [0.05, 0.1) is 11.6 Å². The molecule has 2 N–H and O–H groups in total. The summed E-state index contributed by atoms with van der Waals surface area (Å²) in [5.74, 6) is 0.719. The van der Waals surface area contributed by atoms with Gasteiger partial charge in [-0.15, -0.1) is 11.3 Å². The van der Waals surface area contributed by atoms with Crippen LogP contribution >= 0.6 is 11.3 Å². The Bertz CT molecular complexity index is 386. The molecule has 0 amide bonds. The molecule has 1 aromatic heterocycles. The molecule has 0 aromatic carbocycles. The van der Waals surface area contributed by atoms with E-state index in [2.05, 4.69) is 32.2 Å². The molecule has 18 heavy (non-hydrogen) atoms. The fraction of sp³-hybridized carbons (Fsp3) is 0.733. The van der Waals surface area contributed by atoms with Gasteiger partial charge in [-0.1, -0.05) is 19.8 Å². The van der Waals surface area contributed by atoms with Gasteiger partial charge in [-0.05, 0) is 49.6 Å². The van der Waals surface area contributed by atoms with Gasteiger partial charge in [0.15, 0.2) is 0 Å². The third-order valence-corrected chi connectivity index (χ3v) is 5.28. The highest BCUT2D eigenvalue weighted by Gasteiger charge is 2.42. The Morgan fingerprint density at radius 1 is 1.61 bits per heavy atom. The van der Waals surface area contributed by atoms with Crippen molar-refractivity contribution in [3.05, 3.63) is 21.9 Å². The van der Waals surface area contributed by atoms with Crippen molar-refractivity contribution in [1.29, 1.82) is 0 Å². The summed E-state index contributed by atoms with van der Waals surface area (Å²) in [6.45, 7) is 7.30. The molecule has 2 rings (SSSR count). The van der Waals surface area contributed by atoms with Crippen LogP contribution in [-0.4, -0.2) is 12.2 Å². The Morgan fingerprint density at radius 3 is 2.94 bits per heavy atom. The van der Waals surface area contributed by atoms with Gasteiger partial charge in [0.2, 0.25) is 0 Å². The average molecular weight is 267 g/mol. The Labute approximate surface area is 115 Å². The number of thiophene rings is 1. The van der Waals surface area contributed by atoms with Gasteiger partial charge in [-0.3, -0.25) is 0 Å². The van der Waals surface area contributed by atoms with Crippen molar-refractivity contribution in [2.75, 3.05) is 6.61 Å². The molecule has 1 aliphatic carbocycles. The lowest BCUT2D eigenvalue weighted by atomic mass is 9.74. The summed E-state index contributed by atoms with van der Waals surface area (Å²) in [7, 11) is 0. The van der Waals surface area contributed by atoms with Crippen LogP contribution in [0.3, 0.4) is 0 Å². The van der Waals surface area contributed by atoms with Crippen LogP contribution < -0.4 is 5.73 Å². The van der Waals surface area contributed by atoms with Gasteiger partial charge in [0.25, 0.3) is 0 Å². The molecule has 0 aliphatic heterocycles. The minimum absolute atomic E-state index is 0.0280. The van der Waals surface area contributed by atoms with Crippen LogP contribution in [0.5, 0.6) is 0 Å². The molecule has 1 aliphatic rings. The van der Waals surface area contributed by atoms with Gasteiger partial charge in [-0.25, -0.2) is 0 Å². The molecular weight excluding hydrogens is 242 g/mol. The van der Waals surface area contributed by atoms with Crippen molar-refractivity contribution >= 4 is 11.3 Å². The third kappa shape index (κ3) is 2.63. The highest BCUT2D eigenvalue weighted by atomic mass is 32.1. The normalized spacial score (nSPS) is 30.3. The Hall–Kier alpha value is -0.380. The first-order valence-corrected chi connectivity index (χ1v) is 7.90. The molecule has 1 fully saturated rings. The summed E-state index contributed by atoms with van der Waals surface area (Å²) in [6, 6.07) is 2.19. The first-order valence-electron chi connectivity index (χ1n) is 7.02. The standard InChI is InChI=1S/C15H25NOS/c1-4-17-15(8-5-6-11(2)10-15)14(16)13-12(3)7-9-18-13/h7,9,11,14H,4-6,8,10,16H2,1-3H3. The Kier molecular flexibility index (Phi) is 4.46. The zero-order chi connectivity index (χ0) is 13.2. The quantitative estimate of drug-likeness (QED) is 0.893. The van der Waals surface area contributed by atoms with Crippen LogP contribution in [0.1, 0.15) is 56.0 Å². The molecule has 0 saturated heterocycles. The molecule has 0 spiro atoms. The maximum atomic E-state index is 6.58. The lowest BCUT2D eigenvalue weighted by molar-refractivity contribution is -0.0932. The first-order chi connectivity index (χ1) is 8.59. The van der Waals surface area contributed by atoms with E-state index in [9.17, 15) is 0 Å². The first kappa shape index (κ1) is 14.0. The smallest absolute Gasteiger partial charge is 0.0884 e. The van der Waals surface area contributed by atoms with E-state index in [1.165, 1.54) is 23.3 Å². The summed E-state index contributed by atoms with van der Waals surface area (Å²) in [5.41, 5.74) is 7.76. The van der Waals surface area contributed by atoms with Gasteiger partial charge >= 0.3 is 0 Å². The molecule has 0 bridgehead atoms. The van der Waals surface area contributed by atoms with E-state index < -0.39 is 0 Å². The number of hydrogen-bond acceptors (Lipinski definition) is 3. The van der Waals surface area contributed by atoms with E-state index in [0.29, 0.717) is 0 Å². The van der Waals surface area contributed by atoms with E-state index in [-0.39, 0.29) is 11.6 Å². The van der Waals surface area contributed by atoms with E-state index in [0.717, 1.165) is 25.4 Å². The SMILES string of the molecule is CCOC1(C(N)c2sccc2C)CCCC(C)C1. The molecular formula is C15H25NOS. The largest absolute Gasteiger partial charge is 0.373 e. The molecule has 3 unspecified atom stereocenters. The molecule has 1 heterocycles. The number of aryl methyl sites for hydroxylation is 1. The molecule has 102 valence electrons. The maximum absolute atomic E-state index is 6.58. The fourth-order valence-corrected chi connectivity index (χ4v) is 4.31. The molecule has 1 saturated carbocycles. The van der Waals surface area contributed by atoms with E-state index in [1.54, 1.807) is 11.3 Å². The fourth-order valence-electron chi connectivity index (χ4n) is 3.28. The van der Waals surface area contributed by atoms with Crippen molar-refractivity contribution in [3.8, 4) is 0 Å². The van der Waals surface area contributed by atoms with Crippen LogP contribution in [0.2, 0.25) is 0 Å². The van der Waals surface area contributed by atoms with E-state index in [4.69, 9.17) is 10.5 Å². The topological polar surface area (TPSA) is 35.2 Å². The van der Waals surface area contributed by atoms with Crippen molar-refractivity contribution in [2.45, 2.75) is 58.1 Å². The van der Waals surface area contributed by atoms with Crippen molar-refractivity contribution in [1.82, 2.24) is 0 Å². The summed E-state index contributed by atoms with van der Waals surface area (Å²) in [5, 5.41) is 2.14. The van der Waals surface area contributed by atoms with Crippen LogP contribution in [0, 0.1) is 12.8 Å².